The van der Waals surface area contributed by atoms with Gasteiger partial charge in [0.2, 0.25) is 0 Å². The van der Waals surface area contributed by atoms with Gasteiger partial charge in [-0.2, -0.15) is 0 Å². The number of halogens is 1. The van der Waals surface area contributed by atoms with Gasteiger partial charge in [0.05, 0.1) is 5.39 Å². The third-order valence-corrected chi connectivity index (χ3v) is 3.44. The van der Waals surface area contributed by atoms with E-state index in [1.54, 1.807) is 11.5 Å². The zero-order valence-electron chi connectivity index (χ0n) is 7.03. The maximum atomic E-state index is 6.16. The molecule has 0 amide bonds. The Hall–Kier alpha value is -0.860. The van der Waals surface area contributed by atoms with Crippen LogP contribution in [0.2, 0.25) is 5.15 Å². The molecule has 3 heteroatoms. The molecule has 1 aromatic carbocycles. The van der Waals surface area contributed by atoms with Crippen LogP contribution in [0.5, 0.6) is 0 Å². The molecule has 66 valence electrons. The molecule has 0 N–H and O–H groups in total. The highest BCUT2D eigenvalue weighted by Crippen LogP contribution is 2.24. The summed E-state index contributed by atoms with van der Waals surface area (Å²) in [7, 11) is 0. The summed E-state index contributed by atoms with van der Waals surface area (Å²) in [5, 5.41) is 1.93. The molecule has 2 rings (SSSR count). The molecule has 2 aromatic rings. The summed E-state index contributed by atoms with van der Waals surface area (Å²) in [5.41, 5.74) is 0. The Balaban J connectivity index is 2.66. The molecule has 0 bridgehead atoms. The van der Waals surface area contributed by atoms with Gasteiger partial charge in [0, 0.05) is 0 Å². The summed E-state index contributed by atoms with van der Waals surface area (Å²) in [6.07, 6.45) is 1.85. The van der Waals surface area contributed by atoms with Crippen molar-refractivity contribution in [1.82, 2.24) is 0 Å². The molecule has 0 saturated carbocycles. The monoisotopic (exact) mass is 210 g/mol. The second kappa shape index (κ2) is 3.48. The van der Waals surface area contributed by atoms with Gasteiger partial charge in [-0.25, -0.2) is 0 Å². The number of allylic oxidation sites excluding steroid dienone is 1. The lowest BCUT2D eigenvalue weighted by atomic mass is 10.3. The first-order chi connectivity index (χ1) is 6.33. The average molecular weight is 211 g/mol. The van der Waals surface area contributed by atoms with Crippen LogP contribution in [-0.2, 0) is 6.54 Å². The molecule has 0 aliphatic carbocycles. The highest BCUT2D eigenvalue weighted by molar-refractivity contribution is 7.09. The number of rotatable bonds is 2. The minimum Gasteiger partial charge on any atom is -0.119 e. The first-order valence-electron chi connectivity index (χ1n) is 4.01. The van der Waals surface area contributed by atoms with Crippen molar-refractivity contribution in [2.24, 2.45) is 0 Å². The Kier molecular flexibility index (Phi) is 2.34. The van der Waals surface area contributed by atoms with Crippen LogP contribution in [-0.4, -0.2) is 0 Å². The summed E-state index contributed by atoms with van der Waals surface area (Å²) in [4.78, 5) is 0. The lowest BCUT2D eigenvalue weighted by molar-refractivity contribution is -0.614. The molecular weight excluding hydrogens is 202 g/mol. The Labute approximate surface area is 86.0 Å². The van der Waals surface area contributed by atoms with Crippen LogP contribution in [0.25, 0.3) is 10.1 Å². The molecular formula is C10H9ClNS+. The standard InChI is InChI=1S/C10H9ClNS/c1-2-7-12-10(11)8-5-3-4-6-9(8)13-12/h2-6H,1,7H2/q+1. The number of benzene rings is 1. The zero-order valence-corrected chi connectivity index (χ0v) is 8.61. The average Bonchev–Trinajstić information content (AvgIpc) is 2.46. The van der Waals surface area contributed by atoms with Gasteiger partial charge in [0.1, 0.15) is 16.2 Å². The van der Waals surface area contributed by atoms with Crippen LogP contribution in [0.3, 0.4) is 0 Å². The Morgan fingerprint density at radius 2 is 2.23 bits per heavy atom. The molecule has 0 aliphatic rings. The number of fused-ring (bicyclic) bond motifs is 1. The first-order valence-corrected chi connectivity index (χ1v) is 5.16. The molecule has 0 saturated heterocycles. The summed E-state index contributed by atoms with van der Waals surface area (Å²) in [6, 6.07) is 8.13. The van der Waals surface area contributed by atoms with Crippen molar-refractivity contribution in [3.63, 3.8) is 0 Å². The van der Waals surface area contributed by atoms with Crippen LogP contribution in [0.15, 0.2) is 36.9 Å². The lowest BCUT2D eigenvalue weighted by Crippen LogP contribution is -2.27. The summed E-state index contributed by atoms with van der Waals surface area (Å²) >= 11 is 7.82. The summed E-state index contributed by atoms with van der Waals surface area (Å²) in [5.74, 6) is 0. The van der Waals surface area contributed by atoms with E-state index < -0.39 is 0 Å². The predicted molar refractivity (Wildman–Crippen MR) is 57.2 cm³/mol. The van der Waals surface area contributed by atoms with Gasteiger partial charge in [-0.05, 0) is 29.8 Å². The fraction of sp³-hybridized carbons (Fsp3) is 0.100. The molecule has 1 nitrogen and oxygen atoms in total. The van der Waals surface area contributed by atoms with Crippen LogP contribution < -0.4 is 3.96 Å². The fourth-order valence-corrected chi connectivity index (χ4v) is 2.64. The molecule has 1 heterocycles. The van der Waals surface area contributed by atoms with Crippen LogP contribution in [0.4, 0.5) is 0 Å². The Morgan fingerprint density at radius 3 is 2.92 bits per heavy atom. The van der Waals surface area contributed by atoms with E-state index in [1.807, 2.05) is 28.2 Å². The topological polar surface area (TPSA) is 3.88 Å². The maximum absolute atomic E-state index is 6.16. The molecule has 13 heavy (non-hydrogen) atoms. The second-order valence-electron chi connectivity index (χ2n) is 2.73. The smallest absolute Gasteiger partial charge is 0.119 e. The van der Waals surface area contributed by atoms with Gasteiger partial charge in [0.15, 0.2) is 6.54 Å². The highest BCUT2D eigenvalue weighted by atomic mass is 35.5. The molecule has 0 radical (unpaired) electrons. The van der Waals surface area contributed by atoms with Crippen molar-refractivity contribution in [3.8, 4) is 0 Å². The molecule has 0 spiro atoms. The molecule has 0 aliphatic heterocycles. The maximum Gasteiger partial charge on any atom is 0.297 e. The number of aromatic nitrogens is 1. The minimum absolute atomic E-state index is 0.776. The molecule has 1 aromatic heterocycles. The van der Waals surface area contributed by atoms with E-state index in [2.05, 4.69) is 12.6 Å². The van der Waals surface area contributed by atoms with Gasteiger partial charge in [-0.3, -0.25) is 0 Å². The van der Waals surface area contributed by atoms with E-state index in [0.29, 0.717) is 0 Å². The van der Waals surface area contributed by atoms with Gasteiger partial charge in [0.25, 0.3) is 5.15 Å². The fourth-order valence-electron chi connectivity index (χ4n) is 1.24. The van der Waals surface area contributed by atoms with Gasteiger partial charge < -0.3 is 0 Å². The molecule has 0 atom stereocenters. The van der Waals surface area contributed by atoms with Crippen molar-refractivity contribution in [3.05, 3.63) is 42.1 Å². The van der Waals surface area contributed by atoms with Crippen LogP contribution in [0, 0.1) is 0 Å². The van der Waals surface area contributed by atoms with Crippen molar-refractivity contribution in [1.29, 1.82) is 0 Å². The summed E-state index contributed by atoms with van der Waals surface area (Å²) in [6.45, 7) is 4.47. The minimum atomic E-state index is 0.776. The lowest BCUT2D eigenvalue weighted by Gasteiger charge is -1.83. The largest absolute Gasteiger partial charge is 0.297 e. The third kappa shape index (κ3) is 1.47. The van der Waals surface area contributed by atoms with E-state index in [1.165, 1.54) is 4.70 Å². The number of hydrogen-bond acceptors (Lipinski definition) is 1. The van der Waals surface area contributed by atoms with E-state index in [9.17, 15) is 0 Å². The van der Waals surface area contributed by atoms with Crippen molar-refractivity contribution < 1.29 is 3.96 Å². The first kappa shape index (κ1) is 8.73. The van der Waals surface area contributed by atoms with Crippen molar-refractivity contribution >= 4 is 33.2 Å². The quantitative estimate of drug-likeness (QED) is 0.530. The van der Waals surface area contributed by atoms with E-state index in [0.717, 1.165) is 17.1 Å². The third-order valence-electron chi connectivity index (χ3n) is 1.83. The number of nitrogens with zero attached hydrogens (tertiary/aromatic N) is 1. The predicted octanol–water partition coefficient (Wildman–Crippen LogP) is 3.03. The second-order valence-corrected chi connectivity index (χ2v) is 4.15. The van der Waals surface area contributed by atoms with Gasteiger partial charge >= 0.3 is 0 Å². The van der Waals surface area contributed by atoms with Crippen molar-refractivity contribution in [2.75, 3.05) is 0 Å². The van der Waals surface area contributed by atoms with E-state index in [-0.39, 0.29) is 0 Å². The Morgan fingerprint density at radius 1 is 1.46 bits per heavy atom. The van der Waals surface area contributed by atoms with Crippen molar-refractivity contribution in [2.45, 2.75) is 6.54 Å². The normalized spacial score (nSPS) is 10.5. The SMILES string of the molecule is C=CC[n+]1sc2ccccc2c1Cl. The summed E-state index contributed by atoms with van der Waals surface area (Å²) < 4.78 is 3.24. The van der Waals surface area contributed by atoms with E-state index in [4.69, 9.17) is 11.6 Å². The zero-order chi connectivity index (χ0) is 9.26. The van der Waals surface area contributed by atoms with Gasteiger partial charge in [-0.15, -0.1) is 3.96 Å². The molecule has 0 unspecified atom stereocenters. The van der Waals surface area contributed by atoms with E-state index >= 15 is 0 Å². The Bertz CT molecular complexity index is 447. The number of hydrogen-bond donors (Lipinski definition) is 0. The van der Waals surface area contributed by atoms with Gasteiger partial charge in [-0.1, -0.05) is 18.7 Å². The van der Waals surface area contributed by atoms with Crippen LogP contribution in [0.1, 0.15) is 0 Å². The molecule has 0 fully saturated rings. The highest BCUT2D eigenvalue weighted by Gasteiger charge is 2.15. The van der Waals surface area contributed by atoms with Crippen LogP contribution >= 0.6 is 23.1 Å².